The van der Waals surface area contributed by atoms with Gasteiger partial charge in [0.2, 0.25) is 0 Å². The first-order valence-electron chi connectivity index (χ1n) is 6.95. The molecule has 0 aliphatic carbocycles. The lowest BCUT2D eigenvalue weighted by atomic mass is 9.96. The molecule has 5 nitrogen and oxygen atoms in total. The highest BCUT2D eigenvalue weighted by molar-refractivity contribution is 6.01. The lowest BCUT2D eigenvalue weighted by Crippen LogP contribution is -2.47. The van der Waals surface area contributed by atoms with Crippen LogP contribution in [-0.4, -0.2) is 33.9 Å². The van der Waals surface area contributed by atoms with E-state index in [9.17, 15) is 4.79 Å². The van der Waals surface area contributed by atoms with Crippen LogP contribution in [0.15, 0.2) is 29.4 Å². The molecule has 2 unspecified atom stereocenters. The minimum Gasteiger partial charge on any atom is -0.409 e. The Morgan fingerprint density at radius 3 is 2.50 bits per heavy atom. The Morgan fingerprint density at radius 1 is 1.30 bits per heavy atom. The lowest BCUT2D eigenvalue weighted by Gasteiger charge is -2.39. The summed E-state index contributed by atoms with van der Waals surface area (Å²) in [6, 6.07) is 7.41. The van der Waals surface area contributed by atoms with Gasteiger partial charge in [0.1, 0.15) is 0 Å². The fourth-order valence-corrected chi connectivity index (χ4v) is 2.84. The number of likely N-dealkylation sites (tertiary alicyclic amines) is 1. The normalized spacial score (nSPS) is 23.7. The molecule has 108 valence electrons. The van der Waals surface area contributed by atoms with E-state index in [2.05, 4.69) is 19.0 Å². The van der Waals surface area contributed by atoms with Crippen molar-refractivity contribution < 1.29 is 10.0 Å². The molecule has 2 rings (SSSR count). The fourth-order valence-electron chi connectivity index (χ4n) is 2.84. The summed E-state index contributed by atoms with van der Waals surface area (Å²) >= 11 is 0. The molecule has 1 aromatic rings. The molecular weight excluding hydrogens is 254 g/mol. The highest BCUT2D eigenvalue weighted by Crippen LogP contribution is 2.24. The smallest absolute Gasteiger partial charge is 0.254 e. The Hall–Kier alpha value is -2.04. The molecule has 2 atom stereocenters. The van der Waals surface area contributed by atoms with E-state index in [4.69, 9.17) is 10.9 Å². The lowest BCUT2D eigenvalue weighted by molar-refractivity contribution is 0.0510. The van der Waals surface area contributed by atoms with E-state index >= 15 is 0 Å². The number of amides is 1. The number of carbonyl (C=O) groups is 1. The van der Waals surface area contributed by atoms with Crippen molar-refractivity contribution in [3.05, 3.63) is 35.4 Å². The highest BCUT2D eigenvalue weighted by Gasteiger charge is 2.29. The molecule has 5 heteroatoms. The van der Waals surface area contributed by atoms with E-state index in [1.165, 1.54) is 0 Å². The van der Waals surface area contributed by atoms with Gasteiger partial charge >= 0.3 is 0 Å². The van der Waals surface area contributed by atoms with E-state index in [1.807, 2.05) is 4.90 Å². The van der Waals surface area contributed by atoms with Crippen LogP contribution in [0.4, 0.5) is 0 Å². The van der Waals surface area contributed by atoms with Gasteiger partial charge < -0.3 is 15.8 Å². The molecule has 1 saturated heterocycles. The van der Waals surface area contributed by atoms with E-state index < -0.39 is 0 Å². The molecule has 0 bridgehead atoms. The van der Waals surface area contributed by atoms with Crippen LogP contribution < -0.4 is 5.73 Å². The predicted octanol–water partition coefficient (Wildman–Crippen LogP) is 2.18. The Morgan fingerprint density at radius 2 is 1.90 bits per heavy atom. The first-order chi connectivity index (χ1) is 9.54. The van der Waals surface area contributed by atoms with Gasteiger partial charge in [-0.25, -0.2) is 0 Å². The van der Waals surface area contributed by atoms with E-state index in [1.54, 1.807) is 24.3 Å². The van der Waals surface area contributed by atoms with Crippen LogP contribution >= 0.6 is 0 Å². The highest BCUT2D eigenvalue weighted by atomic mass is 16.4. The minimum atomic E-state index is 0.0114. The van der Waals surface area contributed by atoms with Crippen LogP contribution in [0, 0.1) is 0 Å². The molecule has 1 heterocycles. The Kier molecular flexibility index (Phi) is 4.27. The molecule has 20 heavy (non-hydrogen) atoms. The van der Waals surface area contributed by atoms with Crippen LogP contribution in [0.5, 0.6) is 0 Å². The molecule has 1 aliphatic rings. The summed E-state index contributed by atoms with van der Waals surface area (Å²) in [5, 5.41) is 11.7. The van der Waals surface area contributed by atoms with E-state index in [0.717, 1.165) is 19.3 Å². The number of nitrogens with zero attached hydrogens (tertiary/aromatic N) is 2. The van der Waals surface area contributed by atoms with Crippen molar-refractivity contribution in [1.82, 2.24) is 4.90 Å². The van der Waals surface area contributed by atoms with Gasteiger partial charge in [0.05, 0.1) is 0 Å². The third-order valence-corrected chi connectivity index (χ3v) is 3.94. The van der Waals surface area contributed by atoms with Crippen molar-refractivity contribution >= 4 is 11.7 Å². The first kappa shape index (κ1) is 14.4. The molecular formula is C15H21N3O2. The zero-order valence-electron chi connectivity index (χ0n) is 11.9. The number of nitrogens with two attached hydrogens (primary N) is 1. The molecule has 0 radical (unpaired) electrons. The molecule has 1 aliphatic heterocycles. The molecule has 0 aromatic heterocycles. The monoisotopic (exact) mass is 275 g/mol. The number of amidine groups is 1. The van der Waals surface area contributed by atoms with Crippen LogP contribution in [0.2, 0.25) is 0 Å². The van der Waals surface area contributed by atoms with Gasteiger partial charge in [0, 0.05) is 23.2 Å². The molecule has 0 spiro atoms. The Bertz CT molecular complexity index is 518. The van der Waals surface area contributed by atoms with Gasteiger partial charge in [-0.3, -0.25) is 4.79 Å². The molecule has 1 amide bonds. The summed E-state index contributed by atoms with van der Waals surface area (Å²) in [6.07, 6.45) is 3.24. The van der Waals surface area contributed by atoms with Crippen molar-refractivity contribution in [2.24, 2.45) is 10.9 Å². The van der Waals surface area contributed by atoms with Crippen LogP contribution in [0.3, 0.4) is 0 Å². The van der Waals surface area contributed by atoms with Crippen LogP contribution in [0.1, 0.15) is 49.0 Å². The number of rotatable bonds is 2. The summed E-state index contributed by atoms with van der Waals surface area (Å²) in [4.78, 5) is 14.6. The molecule has 1 aromatic carbocycles. The number of oxime groups is 1. The van der Waals surface area contributed by atoms with E-state index in [0.29, 0.717) is 11.1 Å². The number of hydrogen-bond acceptors (Lipinski definition) is 3. The van der Waals surface area contributed by atoms with Crippen molar-refractivity contribution in [3.8, 4) is 0 Å². The second kappa shape index (κ2) is 5.94. The van der Waals surface area contributed by atoms with Crippen LogP contribution in [0.25, 0.3) is 0 Å². The second-order valence-corrected chi connectivity index (χ2v) is 5.41. The number of hydrogen-bond donors (Lipinski definition) is 2. The third kappa shape index (κ3) is 2.76. The van der Waals surface area contributed by atoms with Crippen molar-refractivity contribution in [2.75, 3.05) is 0 Å². The fraction of sp³-hybridized carbons (Fsp3) is 0.467. The van der Waals surface area contributed by atoms with Crippen molar-refractivity contribution in [2.45, 2.75) is 45.2 Å². The standard InChI is InChI=1S/C15H21N3O2/c1-10-5-3-6-11(2)18(10)15(19)13-8-4-7-12(9-13)14(16)17-20/h4,7-11,20H,3,5-6H2,1-2H3,(H2,16,17). The summed E-state index contributed by atoms with van der Waals surface area (Å²) < 4.78 is 0. The van der Waals surface area contributed by atoms with Gasteiger partial charge in [-0.05, 0) is 45.2 Å². The minimum absolute atomic E-state index is 0.0114. The van der Waals surface area contributed by atoms with Gasteiger partial charge in [0.15, 0.2) is 5.84 Å². The topological polar surface area (TPSA) is 78.9 Å². The Labute approximate surface area is 119 Å². The van der Waals surface area contributed by atoms with Crippen LogP contribution in [-0.2, 0) is 0 Å². The third-order valence-electron chi connectivity index (χ3n) is 3.94. The van der Waals surface area contributed by atoms with Crippen molar-refractivity contribution in [3.63, 3.8) is 0 Å². The average Bonchev–Trinajstić information content (AvgIpc) is 2.46. The average molecular weight is 275 g/mol. The summed E-state index contributed by atoms with van der Waals surface area (Å²) in [7, 11) is 0. The van der Waals surface area contributed by atoms with Gasteiger partial charge in [0.25, 0.3) is 5.91 Å². The molecule has 0 saturated carbocycles. The summed E-state index contributed by atoms with van der Waals surface area (Å²) in [6.45, 7) is 4.17. The molecule has 3 N–H and O–H groups in total. The first-order valence-corrected chi connectivity index (χ1v) is 6.95. The van der Waals surface area contributed by atoms with E-state index in [-0.39, 0.29) is 23.8 Å². The zero-order chi connectivity index (χ0) is 14.7. The van der Waals surface area contributed by atoms with Gasteiger partial charge in [-0.15, -0.1) is 0 Å². The molecule has 1 fully saturated rings. The zero-order valence-corrected chi connectivity index (χ0v) is 11.9. The maximum atomic E-state index is 12.7. The number of piperidine rings is 1. The summed E-state index contributed by atoms with van der Waals surface area (Å²) in [5.41, 5.74) is 6.70. The Balaban J connectivity index is 2.28. The maximum absolute atomic E-state index is 12.7. The number of benzene rings is 1. The number of carbonyl (C=O) groups excluding carboxylic acids is 1. The van der Waals surface area contributed by atoms with Crippen molar-refractivity contribution in [1.29, 1.82) is 0 Å². The predicted molar refractivity (Wildman–Crippen MR) is 77.9 cm³/mol. The maximum Gasteiger partial charge on any atom is 0.254 e. The second-order valence-electron chi connectivity index (χ2n) is 5.41. The van der Waals surface area contributed by atoms with Gasteiger partial charge in [-0.2, -0.15) is 0 Å². The largest absolute Gasteiger partial charge is 0.409 e. The quantitative estimate of drug-likeness (QED) is 0.376. The van der Waals surface area contributed by atoms with Gasteiger partial charge in [-0.1, -0.05) is 17.3 Å². The SMILES string of the molecule is CC1CCCC(C)N1C(=O)c1cccc(/C(N)=N/O)c1. The summed E-state index contributed by atoms with van der Waals surface area (Å²) in [5.74, 6) is 0.0247.